The van der Waals surface area contributed by atoms with Gasteiger partial charge in [-0.3, -0.25) is 0 Å². The third-order valence-electron chi connectivity index (χ3n) is 4.01. The minimum Gasteiger partial charge on any atom is -0.370 e. The number of hydrogen-bond donors (Lipinski definition) is 0. The molecule has 0 spiro atoms. The molecule has 2 atom stereocenters. The van der Waals surface area contributed by atoms with Gasteiger partial charge in [-0.1, -0.05) is 17.7 Å². The Morgan fingerprint density at radius 2 is 1.75 bits per heavy atom. The molecule has 2 rings (SSSR count). The number of nitrogens with zero attached hydrogens (tertiary/aromatic N) is 1. The van der Waals surface area contributed by atoms with Crippen LogP contribution in [0.3, 0.4) is 0 Å². The lowest BCUT2D eigenvalue weighted by Gasteiger charge is -2.46. The van der Waals surface area contributed by atoms with Gasteiger partial charge < -0.3 is 4.74 Å². The van der Waals surface area contributed by atoms with Crippen LogP contribution in [0.5, 0.6) is 0 Å². The van der Waals surface area contributed by atoms with E-state index in [0.717, 1.165) is 5.56 Å². The predicted molar refractivity (Wildman–Crippen MR) is 79.2 cm³/mol. The smallest absolute Gasteiger partial charge is 0.243 e. The summed E-state index contributed by atoms with van der Waals surface area (Å²) in [6.07, 6.45) is -0.110. The van der Waals surface area contributed by atoms with Gasteiger partial charge in [0, 0.05) is 6.54 Å². The van der Waals surface area contributed by atoms with Crippen molar-refractivity contribution in [2.24, 2.45) is 0 Å². The van der Waals surface area contributed by atoms with E-state index in [1.165, 1.54) is 0 Å². The molecule has 0 amide bonds. The number of sulfonamides is 1. The summed E-state index contributed by atoms with van der Waals surface area (Å²) in [5.41, 5.74) is 0.558. The maximum Gasteiger partial charge on any atom is 0.243 e. The van der Waals surface area contributed by atoms with Gasteiger partial charge in [0.25, 0.3) is 0 Å². The highest BCUT2D eigenvalue weighted by Crippen LogP contribution is 2.31. The summed E-state index contributed by atoms with van der Waals surface area (Å²) < 4.78 is 33.0. The van der Waals surface area contributed by atoms with E-state index in [9.17, 15) is 8.42 Å². The molecular formula is C15H23NO3S. The lowest BCUT2D eigenvalue weighted by molar-refractivity contribution is -0.137. The average Bonchev–Trinajstić information content (AvgIpc) is 2.33. The number of ether oxygens (including phenoxy) is 1. The van der Waals surface area contributed by atoms with Crippen molar-refractivity contribution in [3.05, 3.63) is 29.8 Å². The molecule has 112 valence electrons. The average molecular weight is 297 g/mol. The highest BCUT2D eigenvalue weighted by molar-refractivity contribution is 7.89. The molecule has 4 nitrogen and oxygen atoms in total. The monoisotopic (exact) mass is 297 g/mol. The molecule has 0 unspecified atom stereocenters. The fourth-order valence-electron chi connectivity index (χ4n) is 2.56. The zero-order valence-electron chi connectivity index (χ0n) is 12.8. The minimum atomic E-state index is -3.48. The number of hydrogen-bond acceptors (Lipinski definition) is 3. The highest BCUT2D eigenvalue weighted by atomic mass is 32.2. The summed E-state index contributed by atoms with van der Waals surface area (Å²) in [5.74, 6) is 0. The van der Waals surface area contributed by atoms with Crippen LogP contribution in [-0.2, 0) is 14.8 Å². The molecule has 1 fully saturated rings. The largest absolute Gasteiger partial charge is 0.370 e. The van der Waals surface area contributed by atoms with Gasteiger partial charge in [0.05, 0.1) is 22.6 Å². The molecule has 5 heteroatoms. The molecule has 1 aromatic rings. The topological polar surface area (TPSA) is 46.6 Å². The maximum atomic E-state index is 12.8. The Morgan fingerprint density at radius 1 is 1.20 bits per heavy atom. The van der Waals surface area contributed by atoms with Crippen molar-refractivity contribution < 1.29 is 13.2 Å². The summed E-state index contributed by atoms with van der Waals surface area (Å²) in [4.78, 5) is 0.347. The van der Waals surface area contributed by atoms with Crippen molar-refractivity contribution in [3.63, 3.8) is 0 Å². The fourth-order valence-corrected chi connectivity index (χ4v) is 4.39. The zero-order chi connectivity index (χ0) is 15.1. The van der Waals surface area contributed by atoms with Crippen LogP contribution in [-0.4, -0.2) is 37.0 Å². The van der Waals surface area contributed by atoms with E-state index in [-0.39, 0.29) is 12.1 Å². The second-order valence-electron chi connectivity index (χ2n) is 6.10. The second kappa shape index (κ2) is 5.13. The van der Waals surface area contributed by atoms with E-state index < -0.39 is 15.6 Å². The number of rotatable bonds is 2. The lowest BCUT2D eigenvalue weighted by Crippen LogP contribution is -2.59. The summed E-state index contributed by atoms with van der Waals surface area (Å²) in [6, 6.07) is 6.79. The molecule has 1 aromatic carbocycles. The standard InChI is InChI=1S/C15H23NO3S/c1-11-6-8-14(9-7-11)20(17,18)16-10-12(2)19-15(4,5)13(16)3/h6-9,12-13H,10H2,1-5H3/t12-,13-/m0/s1. The number of morpholine rings is 1. The molecule has 1 saturated heterocycles. The second-order valence-corrected chi connectivity index (χ2v) is 7.99. The molecule has 1 aliphatic heterocycles. The molecule has 0 saturated carbocycles. The predicted octanol–water partition coefficient (Wildman–Crippen LogP) is 2.57. The van der Waals surface area contributed by atoms with Crippen LogP contribution >= 0.6 is 0 Å². The van der Waals surface area contributed by atoms with Crippen LogP contribution in [0, 0.1) is 6.92 Å². The molecule has 1 aliphatic rings. The Labute approximate surface area is 121 Å². The SMILES string of the molecule is Cc1ccc(S(=O)(=O)N2C[C@H](C)OC(C)(C)[C@@H]2C)cc1. The summed E-state index contributed by atoms with van der Waals surface area (Å²) in [5, 5.41) is 0. The first-order valence-corrected chi connectivity index (χ1v) is 8.35. The van der Waals surface area contributed by atoms with Crippen molar-refractivity contribution in [3.8, 4) is 0 Å². The normalized spacial score (nSPS) is 27.4. The van der Waals surface area contributed by atoms with Gasteiger partial charge in [0.15, 0.2) is 0 Å². The Kier molecular flexibility index (Phi) is 3.97. The zero-order valence-corrected chi connectivity index (χ0v) is 13.6. The Hall–Kier alpha value is -0.910. The first-order valence-electron chi connectivity index (χ1n) is 6.91. The van der Waals surface area contributed by atoms with Crippen LogP contribution < -0.4 is 0 Å². The van der Waals surface area contributed by atoms with Gasteiger partial charge in [-0.25, -0.2) is 8.42 Å². The lowest BCUT2D eigenvalue weighted by atomic mass is 9.98. The van der Waals surface area contributed by atoms with E-state index in [2.05, 4.69) is 0 Å². The molecule has 20 heavy (non-hydrogen) atoms. The maximum absolute atomic E-state index is 12.8. The number of aryl methyl sites for hydroxylation is 1. The van der Waals surface area contributed by atoms with Crippen molar-refractivity contribution in [2.75, 3.05) is 6.54 Å². The Bertz CT molecular complexity index is 578. The van der Waals surface area contributed by atoms with Gasteiger partial charge in [0.2, 0.25) is 10.0 Å². The quantitative estimate of drug-likeness (QED) is 0.843. The Morgan fingerprint density at radius 3 is 2.30 bits per heavy atom. The molecule has 0 aromatic heterocycles. The molecule has 0 aliphatic carbocycles. The van der Waals surface area contributed by atoms with Crippen molar-refractivity contribution in [1.29, 1.82) is 0 Å². The molecule has 1 heterocycles. The van der Waals surface area contributed by atoms with Crippen molar-refractivity contribution >= 4 is 10.0 Å². The highest BCUT2D eigenvalue weighted by Gasteiger charge is 2.44. The number of benzene rings is 1. The summed E-state index contributed by atoms with van der Waals surface area (Å²) in [7, 11) is -3.48. The van der Waals surface area contributed by atoms with Crippen molar-refractivity contribution in [1.82, 2.24) is 4.31 Å². The molecular weight excluding hydrogens is 274 g/mol. The summed E-state index contributed by atoms with van der Waals surface area (Å²) in [6.45, 7) is 10.0. The fraction of sp³-hybridized carbons (Fsp3) is 0.600. The van der Waals surface area contributed by atoms with Crippen LogP contribution in [0.1, 0.15) is 33.3 Å². The van der Waals surface area contributed by atoms with Gasteiger partial charge >= 0.3 is 0 Å². The van der Waals surface area contributed by atoms with Crippen LogP contribution in [0.4, 0.5) is 0 Å². The molecule has 0 N–H and O–H groups in total. The summed E-state index contributed by atoms with van der Waals surface area (Å²) >= 11 is 0. The van der Waals surface area contributed by atoms with Gasteiger partial charge in [0.1, 0.15) is 0 Å². The first kappa shape index (κ1) is 15.5. The van der Waals surface area contributed by atoms with Crippen LogP contribution in [0.25, 0.3) is 0 Å². The van der Waals surface area contributed by atoms with E-state index >= 15 is 0 Å². The van der Waals surface area contributed by atoms with Crippen LogP contribution in [0.2, 0.25) is 0 Å². The van der Waals surface area contributed by atoms with Gasteiger partial charge in [-0.05, 0) is 46.8 Å². The third kappa shape index (κ3) is 2.75. The van der Waals surface area contributed by atoms with E-state index in [0.29, 0.717) is 11.4 Å². The molecule has 0 bridgehead atoms. The van der Waals surface area contributed by atoms with Crippen molar-refractivity contribution in [2.45, 2.75) is 57.3 Å². The van der Waals surface area contributed by atoms with Gasteiger partial charge in [-0.2, -0.15) is 4.31 Å². The first-order chi connectivity index (χ1) is 9.14. The van der Waals surface area contributed by atoms with E-state index in [1.54, 1.807) is 16.4 Å². The Balaban J connectivity index is 2.40. The minimum absolute atomic E-state index is 0.110. The molecule has 0 radical (unpaired) electrons. The van der Waals surface area contributed by atoms with E-state index in [4.69, 9.17) is 4.74 Å². The van der Waals surface area contributed by atoms with E-state index in [1.807, 2.05) is 46.8 Å². The van der Waals surface area contributed by atoms with Crippen LogP contribution in [0.15, 0.2) is 29.2 Å². The van der Waals surface area contributed by atoms with Gasteiger partial charge in [-0.15, -0.1) is 0 Å². The third-order valence-corrected chi connectivity index (χ3v) is 5.96.